The highest BCUT2D eigenvalue weighted by Gasteiger charge is 2.15. The van der Waals surface area contributed by atoms with E-state index in [1.54, 1.807) is 7.11 Å². The summed E-state index contributed by atoms with van der Waals surface area (Å²) in [5.41, 5.74) is 3.72. The summed E-state index contributed by atoms with van der Waals surface area (Å²) >= 11 is 6.23. The van der Waals surface area contributed by atoms with Crippen molar-refractivity contribution >= 4 is 11.6 Å². The second-order valence-corrected chi connectivity index (χ2v) is 5.04. The van der Waals surface area contributed by atoms with Crippen LogP contribution in [0.15, 0.2) is 36.4 Å². The zero-order valence-electron chi connectivity index (χ0n) is 11.3. The Morgan fingerprint density at radius 2 is 1.79 bits per heavy atom. The van der Waals surface area contributed by atoms with Crippen molar-refractivity contribution in [1.29, 1.82) is 0 Å². The molecule has 0 aromatic heterocycles. The smallest absolute Gasteiger partial charge is 0.119 e. The number of benzene rings is 2. The van der Waals surface area contributed by atoms with Gasteiger partial charge in [0, 0.05) is 10.6 Å². The van der Waals surface area contributed by atoms with Crippen molar-refractivity contribution < 1.29 is 9.84 Å². The standard InChI is InChI=1S/C16H17ClO2/c1-10-7-14(15(17)8-11(10)2)16(18)12-5-4-6-13(9-12)19-3/h4-9,16,18H,1-3H3. The predicted molar refractivity (Wildman–Crippen MR) is 78.0 cm³/mol. The average molecular weight is 277 g/mol. The first-order valence-corrected chi connectivity index (χ1v) is 6.49. The number of halogens is 1. The van der Waals surface area contributed by atoms with E-state index in [1.807, 2.05) is 50.2 Å². The number of hydrogen-bond donors (Lipinski definition) is 1. The Bertz CT molecular complexity index is 593. The minimum absolute atomic E-state index is 0.582. The summed E-state index contributed by atoms with van der Waals surface area (Å²) < 4.78 is 5.17. The molecular weight excluding hydrogens is 260 g/mol. The summed E-state index contributed by atoms with van der Waals surface area (Å²) in [6, 6.07) is 11.2. The minimum atomic E-state index is -0.748. The van der Waals surface area contributed by atoms with Gasteiger partial charge in [-0.25, -0.2) is 0 Å². The van der Waals surface area contributed by atoms with Crippen molar-refractivity contribution in [1.82, 2.24) is 0 Å². The topological polar surface area (TPSA) is 29.5 Å². The van der Waals surface area contributed by atoms with Crippen molar-refractivity contribution in [3.05, 3.63) is 63.7 Å². The predicted octanol–water partition coefficient (Wildman–Crippen LogP) is 4.05. The second kappa shape index (κ2) is 5.64. The lowest BCUT2D eigenvalue weighted by atomic mass is 9.97. The minimum Gasteiger partial charge on any atom is -0.497 e. The van der Waals surface area contributed by atoms with Crippen LogP contribution >= 0.6 is 11.6 Å². The molecule has 3 heteroatoms. The highest BCUT2D eigenvalue weighted by Crippen LogP contribution is 2.31. The quantitative estimate of drug-likeness (QED) is 0.916. The molecule has 0 aliphatic heterocycles. The zero-order valence-corrected chi connectivity index (χ0v) is 12.0. The molecule has 0 heterocycles. The van der Waals surface area contributed by atoms with Gasteiger partial charge in [-0.1, -0.05) is 29.8 Å². The van der Waals surface area contributed by atoms with E-state index in [1.165, 1.54) is 0 Å². The van der Waals surface area contributed by atoms with Crippen LogP contribution in [0.1, 0.15) is 28.4 Å². The monoisotopic (exact) mass is 276 g/mol. The number of methoxy groups -OCH3 is 1. The van der Waals surface area contributed by atoms with Crippen LogP contribution in [0, 0.1) is 13.8 Å². The van der Waals surface area contributed by atoms with E-state index in [-0.39, 0.29) is 0 Å². The summed E-state index contributed by atoms with van der Waals surface area (Å²) in [5.74, 6) is 0.719. The van der Waals surface area contributed by atoms with E-state index in [4.69, 9.17) is 16.3 Å². The molecule has 1 N–H and O–H groups in total. The first-order valence-electron chi connectivity index (χ1n) is 6.11. The molecule has 0 radical (unpaired) electrons. The zero-order chi connectivity index (χ0) is 14.0. The van der Waals surface area contributed by atoms with Gasteiger partial charge in [0.2, 0.25) is 0 Å². The molecule has 0 spiro atoms. The van der Waals surface area contributed by atoms with Crippen LogP contribution in [-0.2, 0) is 0 Å². The molecule has 0 aliphatic rings. The van der Waals surface area contributed by atoms with Crippen molar-refractivity contribution in [3.8, 4) is 5.75 Å². The van der Waals surface area contributed by atoms with E-state index in [0.717, 1.165) is 28.0 Å². The Balaban J connectivity index is 2.43. The molecule has 0 saturated heterocycles. The molecule has 0 amide bonds. The van der Waals surface area contributed by atoms with Crippen molar-refractivity contribution in [2.45, 2.75) is 20.0 Å². The van der Waals surface area contributed by atoms with Crippen LogP contribution in [0.5, 0.6) is 5.75 Å². The molecule has 2 aromatic carbocycles. The van der Waals surface area contributed by atoms with Gasteiger partial charge in [0.05, 0.1) is 7.11 Å². The molecule has 100 valence electrons. The summed E-state index contributed by atoms with van der Waals surface area (Å²) in [6.07, 6.45) is -0.748. The molecule has 0 saturated carbocycles. The number of hydrogen-bond acceptors (Lipinski definition) is 2. The van der Waals surface area contributed by atoms with Gasteiger partial charge < -0.3 is 9.84 Å². The van der Waals surface area contributed by atoms with E-state index < -0.39 is 6.10 Å². The van der Waals surface area contributed by atoms with Crippen molar-refractivity contribution in [2.24, 2.45) is 0 Å². The highest BCUT2D eigenvalue weighted by molar-refractivity contribution is 6.31. The molecule has 2 nitrogen and oxygen atoms in total. The number of aliphatic hydroxyl groups is 1. The van der Waals surface area contributed by atoms with Gasteiger partial charge in [-0.05, 0) is 48.7 Å². The third-order valence-corrected chi connectivity index (χ3v) is 3.64. The van der Waals surface area contributed by atoms with Gasteiger partial charge in [0.1, 0.15) is 11.9 Å². The van der Waals surface area contributed by atoms with Gasteiger partial charge in [0.25, 0.3) is 0 Å². The Morgan fingerprint density at radius 3 is 2.47 bits per heavy atom. The fourth-order valence-electron chi connectivity index (χ4n) is 2.00. The fourth-order valence-corrected chi connectivity index (χ4v) is 2.33. The first kappa shape index (κ1) is 13.9. The molecular formula is C16H17ClO2. The van der Waals surface area contributed by atoms with Crippen LogP contribution in [0.4, 0.5) is 0 Å². The number of ether oxygens (including phenoxy) is 1. The third kappa shape index (κ3) is 2.91. The van der Waals surface area contributed by atoms with Gasteiger partial charge in [0.15, 0.2) is 0 Å². The molecule has 0 bridgehead atoms. The van der Waals surface area contributed by atoms with Gasteiger partial charge in [-0.3, -0.25) is 0 Å². The van der Waals surface area contributed by atoms with Crippen LogP contribution in [0.3, 0.4) is 0 Å². The molecule has 1 unspecified atom stereocenters. The maximum Gasteiger partial charge on any atom is 0.119 e. The van der Waals surface area contributed by atoms with E-state index in [2.05, 4.69) is 0 Å². The SMILES string of the molecule is COc1cccc(C(O)c2cc(C)c(C)cc2Cl)c1. The normalized spacial score (nSPS) is 12.3. The highest BCUT2D eigenvalue weighted by atomic mass is 35.5. The summed E-state index contributed by atoms with van der Waals surface area (Å²) in [7, 11) is 1.61. The first-order chi connectivity index (χ1) is 9.02. The van der Waals surface area contributed by atoms with Gasteiger partial charge >= 0.3 is 0 Å². The maximum atomic E-state index is 10.5. The lowest BCUT2D eigenvalue weighted by Gasteiger charge is -2.16. The van der Waals surface area contributed by atoms with E-state index in [9.17, 15) is 5.11 Å². The molecule has 2 aromatic rings. The van der Waals surface area contributed by atoms with Crippen LogP contribution < -0.4 is 4.74 Å². The summed E-state index contributed by atoms with van der Waals surface area (Å²) in [5, 5.41) is 11.0. The largest absolute Gasteiger partial charge is 0.497 e. The van der Waals surface area contributed by atoms with E-state index in [0.29, 0.717) is 5.02 Å². The van der Waals surface area contributed by atoms with Crippen molar-refractivity contribution in [2.75, 3.05) is 7.11 Å². The number of rotatable bonds is 3. The summed E-state index contributed by atoms with van der Waals surface area (Å²) in [6.45, 7) is 4.01. The van der Waals surface area contributed by atoms with Crippen LogP contribution in [-0.4, -0.2) is 12.2 Å². The molecule has 0 fully saturated rings. The van der Waals surface area contributed by atoms with Crippen LogP contribution in [0.25, 0.3) is 0 Å². The fraction of sp³-hybridized carbons (Fsp3) is 0.250. The Kier molecular flexibility index (Phi) is 4.13. The van der Waals surface area contributed by atoms with Gasteiger partial charge in [-0.2, -0.15) is 0 Å². The van der Waals surface area contributed by atoms with E-state index >= 15 is 0 Å². The van der Waals surface area contributed by atoms with Crippen molar-refractivity contribution in [3.63, 3.8) is 0 Å². The summed E-state index contributed by atoms with van der Waals surface area (Å²) in [4.78, 5) is 0. The lowest BCUT2D eigenvalue weighted by Crippen LogP contribution is -2.02. The molecule has 1 atom stereocenters. The average Bonchev–Trinajstić information content (AvgIpc) is 2.42. The third-order valence-electron chi connectivity index (χ3n) is 3.32. The van der Waals surface area contributed by atoms with Gasteiger partial charge in [-0.15, -0.1) is 0 Å². The number of aryl methyl sites for hydroxylation is 2. The maximum absolute atomic E-state index is 10.5. The molecule has 2 rings (SSSR count). The lowest BCUT2D eigenvalue weighted by molar-refractivity contribution is 0.220. The molecule has 19 heavy (non-hydrogen) atoms. The molecule has 0 aliphatic carbocycles. The Morgan fingerprint density at radius 1 is 1.11 bits per heavy atom. The Labute approximate surface area is 118 Å². The second-order valence-electron chi connectivity index (χ2n) is 4.64. The van der Waals surface area contributed by atoms with Crippen LogP contribution in [0.2, 0.25) is 5.02 Å². The Hall–Kier alpha value is -1.51. The number of aliphatic hydroxyl groups excluding tert-OH is 1.